The van der Waals surface area contributed by atoms with Crippen molar-refractivity contribution in [3.05, 3.63) is 48.6 Å². The van der Waals surface area contributed by atoms with Crippen molar-refractivity contribution in [1.82, 2.24) is 0 Å². The van der Waals surface area contributed by atoms with Crippen LogP contribution in [-0.4, -0.2) is 11.9 Å². The highest BCUT2D eigenvalue weighted by molar-refractivity contribution is 5.85. The zero-order chi connectivity index (χ0) is 21.8. The molecule has 0 bridgehead atoms. The van der Waals surface area contributed by atoms with E-state index in [-0.39, 0.29) is 11.8 Å². The fourth-order valence-corrected chi connectivity index (χ4v) is 3.46. The van der Waals surface area contributed by atoms with Crippen LogP contribution in [0.5, 0.6) is 11.5 Å². The van der Waals surface area contributed by atoms with Crippen LogP contribution in [0.3, 0.4) is 0 Å². The molecule has 4 heteroatoms. The maximum Gasteiger partial charge on any atom is 0.335 e. The average molecular weight is 401 g/mol. The van der Waals surface area contributed by atoms with Crippen LogP contribution in [0.2, 0.25) is 0 Å². The molecule has 4 nitrogen and oxygen atoms in total. The molecule has 0 aliphatic rings. The molecule has 1 aromatic carbocycles. The molecule has 0 aliphatic carbocycles. The van der Waals surface area contributed by atoms with Crippen LogP contribution in [-0.2, 0) is 9.59 Å². The van der Waals surface area contributed by atoms with Gasteiger partial charge in [0, 0.05) is 23.3 Å². The topological polar surface area (TPSA) is 52.6 Å². The van der Waals surface area contributed by atoms with Crippen molar-refractivity contribution in [1.29, 1.82) is 0 Å². The summed E-state index contributed by atoms with van der Waals surface area (Å²) in [6.07, 6.45) is 9.88. The SMILES string of the molecule is C=CC(=O)Oc1cc(C(C)CCCCCC)c(OC(=O)C=C)cc1C(C)CCC. The summed E-state index contributed by atoms with van der Waals surface area (Å²) in [5.74, 6) is 0.375. The van der Waals surface area contributed by atoms with E-state index in [1.165, 1.54) is 19.3 Å². The highest BCUT2D eigenvalue weighted by Gasteiger charge is 2.22. The first-order valence-electron chi connectivity index (χ1n) is 10.7. The van der Waals surface area contributed by atoms with Crippen molar-refractivity contribution in [2.24, 2.45) is 0 Å². The first kappa shape index (κ1) is 24.7. The van der Waals surface area contributed by atoms with Gasteiger partial charge >= 0.3 is 11.9 Å². The molecule has 2 atom stereocenters. The lowest BCUT2D eigenvalue weighted by Gasteiger charge is -2.22. The van der Waals surface area contributed by atoms with Gasteiger partial charge in [0.15, 0.2) is 0 Å². The normalized spacial score (nSPS) is 12.7. The first-order chi connectivity index (χ1) is 13.9. The lowest BCUT2D eigenvalue weighted by Crippen LogP contribution is -2.12. The minimum Gasteiger partial charge on any atom is -0.423 e. The zero-order valence-electron chi connectivity index (χ0n) is 18.5. The third-order valence-corrected chi connectivity index (χ3v) is 5.17. The summed E-state index contributed by atoms with van der Waals surface area (Å²) in [5.41, 5.74) is 1.73. The summed E-state index contributed by atoms with van der Waals surface area (Å²) in [6.45, 7) is 15.5. The number of unbranched alkanes of at least 4 members (excludes halogenated alkanes) is 3. The Bertz CT molecular complexity index is 705. The minimum atomic E-state index is -0.493. The molecular weight excluding hydrogens is 364 g/mol. The summed E-state index contributed by atoms with van der Waals surface area (Å²) in [5, 5.41) is 0. The summed E-state index contributed by atoms with van der Waals surface area (Å²) < 4.78 is 11.1. The van der Waals surface area contributed by atoms with Crippen LogP contribution >= 0.6 is 0 Å². The molecule has 0 radical (unpaired) electrons. The Kier molecular flexibility index (Phi) is 11.0. The van der Waals surface area contributed by atoms with Gasteiger partial charge in [-0.25, -0.2) is 9.59 Å². The number of hydrogen-bond donors (Lipinski definition) is 0. The maximum atomic E-state index is 11.9. The quantitative estimate of drug-likeness (QED) is 0.157. The predicted molar refractivity (Wildman–Crippen MR) is 119 cm³/mol. The molecule has 0 amide bonds. The highest BCUT2D eigenvalue weighted by atomic mass is 16.5. The molecule has 1 rings (SSSR count). The summed E-state index contributed by atoms with van der Waals surface area (Å²) >= 11 is 0. The standard InChI is InChI=1S/C25H36O4/c1-7-11-12-13-15-19(6)21-17-22(28-24(26)9-3)20(18(5)14-8-2)16-23(21)29-25(27)10-4/h9-10,16-19H,3-4,7-8,11-15H2,1-2,5-6H3. The molecule has 2 unspecified atom stereocenters. The Morgan fingerprint density at radius 2 is 1.31 bits per heavy atom. The van der Waals surface area contributed by atoms with E-state index in [1.54, 1.807) is 0 Å². The average Bonchev–Trinajstić information content (AvgIpc) is 2.71. The van der Waals surface area contributed by atoms with Crippen molar-refractivity contribution in [3.63, 3.8) is 0 Å². The molecule has 29 heavy (non-hydrogen) atoms. The number of carbonyl (C=O) groups is 2. The van der Waals surface area contributed by atoms with E-state index in [0.717, 1.165) is 49.0 Å². The third kappa shape index (κ3) is 7.88. The van der Waals surface area contributed by atoms with E-state index in [0.29, 0.717) is 11.5 Å². The fourth-order valence-electron chi connectivity index (χ4n) is 3.46. The zero-order valence-corrected chi connectivity index (χ0v) is 18.5. The second-order valence-electron chi connectivity index (χ2n) is 7.62. The van der Waals surface area contributed by atoms with Crippen LogP contribution < -0.4 is 9.47 Å². The van der Waals surface area contributed by atoms with E-state index in [9.17, 15) is 9.59 Å². The van der Waals surface area contributed by atoms with Gasteiger partial charge in [-0.3, -0.25) is 0 Å². The van der Waals surface area contributed by atoms with E-state index >= 15 is 0 Å². The van der Waals surface area contributed by atoms with Gasteiger partial charge in [0.25, 0.3) is 0 Å². The van der Waals surface area contributed by atoms with Gasteiger partial charge in [-0.1, -0.05) is 73.0 Å². The second-order valence-corrected chi connectivity index (χ2v) is 7.62. The third-order valence-electron chi connectivity index (χ3n) is 5.17. The predicted octanol–water partition coefficient (Wildman–Crippen LogP) is 6.85. The number of esters is 2. The molecule has 0 saturated heterocycles. The lowest BCUT2D eigenvalue weighted by atomic mass is 9.89. The Balaban J connectivity index is 3.37. The van der Waals surface area contributed by atoms with Gasteiger partial charge in [0.1, 0.15) is 11.5 Å². The lowest BCUT2D eigenvalue weighted by molar-refractivity contribution is -0.130. The number of rotatable bonds is 13. The summed E-state index contributed by atoms with van der Waals surface area (Å²) in [6, 6.07) is 3.71. The van der Waals surface area contributed by atoms with Gasteiger partial charge in [-0.05, 0) is 36.8 Å². The molecule has 0 fully saturated rings. The Morgan fingerprint density at radius 1 is 0.828 bits per heavy atom. The van der Waals surface area contributed by atoms with Crippen molar-refractivity contribution in [2.45, 2.75) is 84.5 Å². The molecule has 0 spiro atoms. The van der Waals surface area contributed by atoms with Gasteiger partial charge < -0.3 is 9.47 Å². The molecule has 0 aliphatic heterocycles. The van der Waals surface area contributed by atoms with Crippen molar-refractivity contribution < 1.29 is 19.1 Å². The summed E-state index contributed by atoms with van der Waals surface area (Å²) in [4.78, 5) is 23.8. The Morgan fingerprint density at radius 3 is 1.72 bits per heavy atom. The number of ether oxygens (including phenoxy) is 2. The van der Waals surface area contributed by atoms with Crippen molar-refractivity contribution >= 4 is 11.9 Å². The first-order valence-corrected chi connectivity index (χ1v) is 10.7. The smallest absolute Gasteiger partial charge is 0.335 e. The largest absolute Gasteiger partial charge is 0.423 e. The molecule has 0 heterocycles. The number of hydrogen-bond acceptors (Lipinski definition) is 4. The van der Waals surface area contributed by atoms with Gasteiger partial charge in [0.05, 0.1) is 0 Å². The Labute approximate surface area is 176 Å². The second kappa shape index (κ2) is 13.0. The fraction of sp³-hybridized carbons (Fsp3) is 0.520. The van der Waals surface area contributed by atoms with Gasteiger partial charge in [0.2, 0.25) is 0 Å². The minimum absolute atomic E-state index is 0.155. The molecule has 0 aromatic heterocycles. The molecule has 1 aromatic rings. The van der Waals surface area contributed by atoms with Crippen LogP contribution in [0.4, 0.5) is 0 Å². The Hall–Kier alpha value is -2.36. The van der Waals surface area contributed by atoms with E-state index in [1.807, 2.05) is 12.1 Å². The summed E-state index contributed by atoms with van der Waals surface area (Å²) in [7, 11) is 0. The number of carbonyl (C=O) groups excluding carboxylic acids is 2. The molecular formula is C25H36O4. The maximum absolute atomic E-state index is 11.9. The number of benzene rings is 1. The molecule has 0 saturated carbocycles. The van der Waals surface area contributed by atoms with Crippen LogP contribution in [0.25, 0.3) is 0 Å². The van der Waals surface area contributed by atoms with Crippen molar-refractivity contribution in [3.8, 4) is 11.5 Å². The monoisotopic (exact) mass is 400 g/mol. The highest BCUT2D eigenvalue weighted by Crippen LogP contribution is 2.40. The van der Waals surface area contributed by atoms with Crippen LogP contribution in [0.1, 0.15) is 95.6 Å². The van der Waals surface area contributed by atoms with Gasteiger partial charge in [-0.2, -0.15) is 0 Å². The van der Waals surface area contributed by atoms with Crippen molar-refractivity contribution in [2.75, 3.05) is 0 Å². The van der Waals surface area contributed by atoms with Crippen LogP contribution in [0, 0.1) is 0 Å². The van der Waals surface area contributed by atoms with Crippen LogP contribution in [0.15, 0.2) is 37.4 Å². The molecule has 160 valence electrons. The molecule has 0 N–H and O–H groups in total. The van der Waals surface area contributed by atoms with E-state index < -0.39 is 11.9 Å². The van der Waals surface area contributed by atoms with E-state index in [2.05, 4.69) is 40.9 Å². The van der Waals surface area contributed by atoms with Gasteiger partial charge in [-0.15, -0.1) is 0 Å². The van der Waals surface area contributed by atoms with E-state index in [4.69, 9.17) is 9.47 Å².